The number of aromatic nitrogens is 2. The van der Waals surface area contributed by atoms with Crippen LogP contribution in [0.5, 0.6) is 11.8 Å². The Bertz CT molecular complexity index is 1940. The molecule has 11 heteroatoms. The third-order valence-corrected chi connectivity index (χ3v) is 11.3. The van der Waals surface area contributed by atoms with E-state index in [9.17, 15) is 9.50 Å². The predicted octanol–water partition coefficient (Wildman–Crippen LogP) is 6.27. The summed E-state index contributed by atoms with van der Waals surface area (Å²) >= 11 is 0. The van der Waals surface area contributed by atoms with Crippen molar-refractivity contribution in [2.75, 3.05) is 44.3 Å². The molecule has 8 nitrogen and oxygen atoms in total. The van der Waals surface area contributed by atoms with Crippen molar-refractivity contribution in [3.8, 4) is 22.9 Å². The second kappa shape index (κ2) is 11.2. The summed E-state index contributed by atoms with van der Waals surface area (Å²) in [5.41, 5.74) is 0.822. The van der Waals surface area contributed by atoms with Gasteiger partial charge in [0.15, 0.2) is 17.5 Å². The quantitative estimate of drug-likeness (QED) is 0.229. The molecular formula is C37H40F3N5O3. The number of nitrogens with zero attached hydrogens (tertiary/aromatic N) is 4. The van der Waals surface area contributed by atoms with E-state index in [0.717, 1.165) is 71.0 Å². The number of hydrogen-bond acceptors (Lipinski definition) is 8. The first kappa shape index (κ1) is 30.4. The Morgan fingerprint density at radius 1 is 1.04 bits per heavy atom. The van der Waals surface area contributed by atoms with E-state index in [2.05, 4.69) is 15.1 Å². The minimum atomic E-state index is -1.09. The summed E-state index contributed by atoms with van der Waals surface area (Å²) < 4.78 is 59.6. The molecule has 4 atom stereocenters. The molecule has 0 radical (unpaired) electrons. The summed E-state index contributed by atoms with van der Waals surface area (Å²) in [7, 11) is 0. The predicted molar refractivity (Wildman–Crippen MR) is 177 cm³/mol. The fourth-order valence-corrected chi connectivity index (χ4v) is 8.64. The maximum atomic E-state index is 17.3. The number of anilines is 1. The number of piperazine rings is 1. The van der Waals surface area contributed by atoms with E-state index in [4.69, 9.17) is 19.4 Å². The SMILES string of the molecule is CC(C)c1cc2c(N3CC4CCC(C3)N4)nc(OCC3(CN4C[C@@H]5C[C@H]4CO5)CC3)nc2c(F)c1-c1cc(O)cc2ccc(F)c(F)c12. The van der Waals surface area contributed by atoms with E-state index in [1.54, 1.807) is 0 Å². The second-order valence-electron chi connectivity index (χ2n) is 15.1. The van der Waals surface area contributed by atoms with E-state index in [1.807, 2.05) is 19.9 Å². The minimum Gasteiger partial charge on any atom is -0.508 e. The van der Waals surface area contributed by atoms with Gasteiger partial charge in [-0.3, -0.25) is 4.90 Å². The molecule has 2 N–H and O–H groups in total. The van der Waals surface area contributed by atoms with Crippen LogP contribution < -0.4 is 15.0 Å². The van der Waals surface area contributed by atoms with Gasteiger partial charge in [-0.2, -0.15) is 9.97 Å². The van der Waals surface area contributed by atoms with Crippen molar-refractivity contribution in [2.45, 2.75) is 76.1 Å². The third kappa shape index (κ3) is 5.08. The molecule has 4 saturated heterocycles. The maximum absolute atomic E-state index is 17.3. The molecule has 5 fully saturated rings. The first-order valence-electron chi connectivity index (χ1n) is 17.3. The highest BCUT2D eigenvalue weighted by atomic mass is 19.2. The molecule has 0 spiro atoms. The third-order valence-electron chi connectivity index (χ3n) is 11.3. The van der Waals surface area contributed by atoms with Crippen LogP contribution in [-0.4, -0.2) is 83.6 Å². The molecule has 252 valence electrons. The van der Waals surface area contributed by atoms with Crippen LogP contribution in [-0.2, 0) is 4.74 Å². The summed E-state index contributed by atoms with van der Waals surface area (Å²) in [6, 6.07) is 8.17. The first-order chi connectivity index (χ1) is 23.1. The Balaban J connectivity index is 1.17. The Labute approximate surface area is 277 Å². The van der Waals surface area contributed by atoms with Gasteiger partial charge in [0.05, 0.1) is 19.3 Å². The summed E-state index contributed by atoms with van der Waals surface area (Å²) in [4.78, 5) is 14.4. The molecule has 5 heterocycles. The molecule has 1 saturated carbocycles. The lowest BCUT2D eigenvalue weighted by Crippen LogP contribution is -2.51. The van der Waals surface area contributed by atoms with Crippen molar-refractivity contribution in [2.24, 2.45) is 5.41 Å². The van der Waals surface area contributed by atoms with Crippen molar-refractivity contribution in [1.82, 2.24) is 20.2 Å². The number of halogens is 3. The van der Waals surface area contributed by atoms with Crippen LogP contribution in [0, 0.1) is 22.9 Å². The van der Waals surface area contributed by atoms with Crippen molar-refractivity contribution >= 4 is 27.5 Å². The summed E-state index contributed by atoms with van der Waals surface area (Å²) in [6.45, 7) is 8.43. The summed E-state index contributed by atoms with van der Waals surface area (Å²) in [6.07, 6.45) is 5.66. The monoisotopic (exact) mass is 659 g/mol. The number of aromatic hydroxyl groups is 1. The number of ether oxygens (including phenoxy) is 2. The van der Waals surface area contributed by atoms with E-state index in [0.29, 0.717) is 47.6 Å². The molecule has 1 aliphatic carbocycles. The highest BCUT2D eigenvalue weighted by Gasteiger charge is 2.49. The number of phenols is 1. The highest BCUT2D eigenvalue weighted by Crippen LogP contribution is 2.49. The van der Waals surface area contributed by atoms with Crippen molar-refractivity contribution in [3.63, 3.8) is 0 Å². The average Bonchev–Trinajstić information content (AvgIpc) is 3.32. The Hall–Kier alpha value is -3.67. The number of hydrogen-bond donors (Lipinski definition) is 2. The standard InChI is InChI=1S/C37H40F3N5O3/c1-19(2)26-12-28-34(33(40)31(26)27-11-24(46)9-20-3-6-29(38)32(39)30(20)27)42-36(43-35(28)44-13-21-4-5-22(14-44)41-21)48-18-37(7-8-37)17-45-15-25-10-23(45)16-47-25/h3,6,9,11-12,19,21-23,25,41,46H,4-5,7-8,10,13-18H2,1-2H3/t21?,22?,23-,25-/m0/s1. The zero-order valence-corrected chi connectivity index (χ0v) is 27.2. The molecule has 0 amide bonds. The van der Waals surface area contributed by atoms with Crippen molar-refractivity contribution < 1.29 is 27.8 Å². The molecule has 1 aromatic heterocycles. The molecule has 2 unspecified atom stereocenters. The van der Waals surface area contributed by atoms with Crippen LogP contribution in [0.2, 0.25) is 0 Å². The zero-order chi connectivity index (χ0) is 32.9. The van der Waals surface area contributed by atoms with Crippen molar-refractivity contribution in [1.29, 1.82) is 0 Å². The van der Waals surface area contributed by atoms with Crippen LogP contribution in [0.15, 0.2) is 30.3 Å². The van der Waals surface area contributed by atoms with Crippen LogP contribution >= 0.6 is 0 Å². The van der Waals surface area contributed by atoms with Crippen LogP contribution in [0.4, 0.5) is 19.0 Å². The summed E-state index contributed by atoms with van der Waals surface area (Å²) in [5.74, 6) is -2.55. The summed E-state index contributed by atoms with van der Waals surface area (Å²) in [5, 5.41) is 15.1. The van der Waals surface area contributed by atoms with E-state index >= 15 is 8.78 Å². The maximum Gasteiger partial charge on any atom is 0.319 e. The van der Waals surface area contributed by atoms with Gasteiger partial charge in [-0.25, -0.2) is 13.2 Å². The van der Waals surface area contributed by atoms with Gasteiger partial charge in [0, 0.05) is 66.1 Å². The molecule has 4 bridgehead atoms. The average molecular weight is 660 g/mol. The van der Waals surface area contributed by atoms with Gasteiger partial charge in [0.1, 0.15) is 17.1 Å². The minimum absolute atomic E-state index is 0.00436. The molecule has 9 rings (SSSR count). The lowest BCUT2D eigenvalue weighted by atomic mass is 9.87. The fraction of sp³-hybridized carbons (Fsp3) is 0.514. The Morgan fingerprint density at radius 2 is 1.83 bits per heavy atom. The van der Waals surface area contributed by atoms with Crippen LogP contribution in [0.3, 0.4) is 0 Å². The topological polar surface area (TPSA) is 83.0 Å². The molecule has 3 aromatic carbocycles. The Kier molecular flexibility index (Phi) is 7.08. The van der Waals surface area contributed by atoms with Gasteiger partial charge in [-0.1, -0.05) is 19.9 Å². The van der Waals surface area contributed by atoms with Gasteiger partial charge >= 0.3 is 6.01 Å². The number of likely N-dealkylation sites (tertiary alicyclic amines) is 1. The number of rotatable bonds is 8. The lowest BCUT2D eigenvalue weighted by Gasteiger charge is -2.34. The van der Waals surface area contributed by atoms with Gasteiger partial charge < -0.3 is 24.8 Å². The van der Waals surface area contributed by atoms with Gasteiger partial charge in [-0.05, 0) is 78.8 Å². The van der Waals surface area contributed by atoms with Crippen LogP contribution in [0.25, 0.3) is 32.8 Å². The largest absolute Gasteiger partial charge is 0.508 e. The van der Waals surface area contributed by atoms with Crippen molar-refractivity contribution in [3.05, 3.63) is 53.3 Å². The van der Waals surface area contributed by atoms with Gasteiger partial charge in [0.2, 0.25) is 0 Å². The lowest BCUT2D eigenvalue weighted by molar-refractivity contribution is 0.0176. The van der Waals surface area contributed by atoms with Gasteiger partial charge in [-0.15, -0.1) is 0 Å². The molecule has 48 heavy (non-hydrogen) atoms. The van der Waals surface area contributed by atoms with Gasteiger partial charge in [0.25, 0.3) is 0 Å². The zero-order valence-electron chi connectivity index (χ0n) is 27.2. The van der Waals surface area contributed by atoms with Crippen LogP contribution in [0.1, 0.15) is 57.4 Å². The normalized spacial score (nSPS) is 26.0. The first-order valence-corrected chi connectivity index (χ1v) is 17.3. The number of nitrogens with one attached hydrogen (secondary N) is 1. The number of benzene rings is 3. The number of fused-ring (bicyclic) bond motifs is 6. The Morgan fingerprint density at radius 3 is 2.52 bits per heavy atom. The number of phenolic OH excluding ortho intramolecular Hbond substituents is 1. The molecular weight excluding hydrogens is 619 g/mol. The number of morpholine rings is 1. The van der Waals surface area contributed by atoms with E-state index < -0.39 is 17.5 Å². The van der Waals surface area contributed by atoms with E-state index in [-0.39, 0.29) is 50.5 Å². The molecule has 5 aliphatic rings. The molecule has 4 aliphatic heterocycles. The smallest absolute Gasteiger partial charge is 0.319 e. The second-order valence-corrected chi connectivity index (χ2v) is 15.1. The highest BCUT2D eigenvalue weighted by molar-refractivity contribution is 6.03. The van der Waals surface area contributed by atoms with E-state index in [1.165, 1.54) is 18.2 Å². The fourth-order valence-electron chi connectivity index (χ4n) is 8.64. The molecule has 4 aromatic rings.